The second kappa shape index (κ2) is 5.89. The van der Waals surface area contributed by atoms with E-state index >= 15 is 0 Å². The molecule has 1 aliphatic heterocycles. The van der Waals surface area contributed by atoms with Gasteiger partial charge in [0.2, 0.25) is 0 Å². The van der Waals surface area contributed by atoms with Gasteiger partial charge in [-0.2, -0.15) is 0 Å². The molecule has 0 aliphatic carbocycles. The SMILES string of the molecule is CCCC[N+]1(CC)CCCC(C)C(C)C1. The van der Waals surface area contributed by atoms with Gasteiger partial charge in [0, 0.05) is 5.92 Å². The summed E-state index contributed by atoms with van der Waals surface area (Å²) in [6.07, 6.45) is 5.66. The molecule has 15 heavy (non-hydrogen) atoms. The van der Waals surface area contributed by atoms with E-state index in [0.29, 0.717) is 0 Å². The minimum atomic E-state index is 0.921. The topological polar surface area (TPSA) is 0 Å². The number of hydrogen-bond acceptors (Lipinski definition) is 0. The van der Waals surface area contributed by atoms with Crippen LogP contribution in [-0.2, 0) is 0 Å². The highest BCUT2D eigenvalue weighted by Gasteiger charge is 2.32. The molecule has 1 aliphatic rings. The minimum Gasteiger partial charge on any atom is -0.324 e. The summed E-state index contributed by atoms with van der Waals surface area (Å²) in [5, 5.41) is 0. The lowest BCUT2D eigenvalue weighted by atomic mass is 9.93. The first-order chi connectivity index (χ1) is 7.13. The number of hydrogen-bond donors (Lipinski definition) is 0. The fraction of sp³-hybridized carbons (Fsp3) is 1.00. The third-order valence-corrected chi connectivity index (χ3v) is 4.60. The van der Waals surface area contributed by atoms with Crippen molar-refractivity contribution < 1.29 is 4.48 Å². The number of rotatable bonds is 4. The molecule has 0 saturated carbocycles. The number of likely N-dealkylation sites (tertiary alicyclic amines) is 1. The molecule has 0 bridgehead atoms. The average Bonchev–Trinajstić information content (AvgIpc) is 2.37. The van der Waals surface area contributed by atoms with Crippen LogP contribution in [0.4, 0.5) is 0 Å². The Morgan fingerprint density at radius 3 is 2.47 bits per heavy atom. The zero-order valence-electron chi connectivity index (χ0n) is 11.3. The molecule has 1 fully saturated rings. The Morgan fingerprint density at radius 2 is 1.87 bits per heavy atom. The minimum absolute atomic E-state index is 0.921. The first-order valence-corrected chi connectivity index (χ1v) is 6.98. The van der Waals surface area contributed by atoms with Gasteiger partial charge in [-0.1, -0.05) is 27.2 Å². The van der Waals surface area contributed by atoms with Crippen LogP contribution in [0.15, 0.2) is 0 Å². The molecule has 1 nitrogen and oxygen atoms in total. The first-order valence-electron chi connectivity index (χ1n) is 6.98. The van der Waals surface area contributed by atoms with Crippen molar-refractivity contribution in [3.63, 3.8) is 0 Å². The summed E-state index contributed by atoms with van der Waals surface area (Å²) in [5.74, 6) is 1.86. The van der Waals surface area contributed by atoms with E-state index in [0.717, 1.165) is 11.8 Å². The third kappa shape index (κ3) is 3.48. The second-order valence-corrected chi connectivity index (χ2v) is 5.74. The molecule has 1 rings (SSSR count). The van der Waals surface area contributed by atoms with Crippen LogP contribution in [-0.4, -0.2) is 30.7 Å². The highest BCUT2D eigenvalue weighted by Crippen LogP contribution is 2.27. The van der Waals surface area contributed by atoms with E-state index in [9.17, 15) is 0 Å². The Kier molecular flexibility index (Phi) is 5.11. The van der Waals surface area contributed by atoms with Crippen LogP contribution >= 0.6 is 0 Å². The summed E-state index contributed by atoms with van der Waals surface area (Å²) in [4.78, 5) is 0. The first kappa shape index (κ1) is 13.0. The molecule has 3 atom stereocenters. The van der Waals surface area contributed by atoms with Crippen LogP contribution in [0, 0.1) is 11.8 Å². The van der Waals surface area contributed by atoms with Crippen LogP contribution in [0.2, 0.25) is 0 Å². The van der Waals surface area contributed by atoms with Gasteiger partial charge in [0.05, 0.1) is 26.2 Å². The van der Waals surface area contributed by atoms with Crippen LogP contribution in [0.3, 0.4) is 0 Å². The highest BCUT2D eigenvalue weighted by molar-refractivity contribution is 4.66. The summed E-state index contributed by atoms with van der Waals surface area (Å²) in [7, 11) is 0. The second-order valence-electron chi connectivity index (χ2n) is 5.74. The lowest BCUT2D eigenvalue weighted by Crippen LogP contribution is -2.51. The molecule has 1 heteroatoms. The van der Waals surface area contributed by atoms with Gasteiger partial charge < -0.3 is 4.48 Å². The Hall–Kier alpha value is -0.0400. The summed E-state index contributed by atoms with van der Waals surface area (Å²) < 4.78 is 1.40. The smallest absolute Gasteiger partial charge is 0.0815 e. The number of nitrogens with zero attached hydrogens (tertiary/aromatic N) is 1. The lowest BCUT2D eigenvalue weighted by Gasteiger charge is -2.38. The Labute approximate surface area is 96.4 Å². The largest absolute Gasteiger partial charge is 0.324 e. The molecule has 1 heterocycles. The molecule has 0 N–H and O–H groups in total. The zero-order valence-corrected chi connectivity index (χ0v) is 11.3. The van der Waals surface area contributed by atoms with Crippen molar-refractivity contribution in [1.82, 2.24) is 0 Å². The van der Waals surface area contributed by atoms with Crippen molar-refractivity contribution >= 4 is 0 Å². The Morgan fingerprint density at radius 1 is 1.13 bits per heavy atom. The van der Waals surface area contributed by atoms with Gasteiger partial charge in [0.25, 0.3) is 0 Å². The molecular weight excluding hydrogens is 182 g/mol. The molecule has 0 aromatic carbocycles. The molecule has 0 aromatic rings. The van der Waals surface area contributed by atoms with Gasteiger partial charge in [-0.25, -0.2) is 0 Å². The van der Waals surface area contributed by atoms with E-state index < -0.39 is 0 Å². The van der Waals surface area contributed by atoms with Crippen molar-refractivity contribution in [3.05, 3.63) is 0 Å². The van der Waals surface area contributed by atoms with E-state index in [1.165, 1.54) is 56.3 Å². The van der Waals surface area contributed by atoms with Crippen LogP contribution in [0.5, 0.6) is 0 Å². The predicted molar refractivity (Wildman–Crippen MR) is 67.9 cm³/mol. The van der Waals surface area contributed by atoms with Gasteiger partial charge >= 0.3 is 0 Å². The quantitative estimate of drug-likeness (QED) is 0.624. The van der Waals surface area contributed by atoms with Crippen molar-refractivity contribution in [3.8, 4) is 0 Å². The highest BCUT2D eigenvalue weighted by atomic mass is 15.3. The number of quaternary nitrogens is 1. The van der Waals surface area contributed by atoms with Crippen molar-refractivity contribution in [2.45, 2.75) is 53.4 Å². The van der Waals surface area contributed by atoms with E-state index in [-0.39, 0.29) is 0 Å². The van der Waals surface area contributed by atoms with Gasteiger partial charge in [-0.05, 0) is 32.1 Å². The molecule has 0 aromatic heterocycles. The normalized spacial score (nSPS) is 37.6. The van der Waals surface area contributed by atoms with E-state index in [1.54, 1.807) is 0 Å². The molecule has 90 valence electrons. The Balaban J connectivity index is 2.61. The number of unbranched alkanes of at least 4 members (excludes halogenated alkanes) is 1. The molecule has 1 saturated heterocycles. The van der Waals surface area contributed by atoms with E-state index in [2.05, 4.69) is 27.7 Å². The molecule has 3 unspecified atom stereocenters. The van der Waals surface area contributed by atoms with Crippen molar-refractivity contribution in [2.75, 3.05) is 26.2 Å². The maximum absolute atomic E-state index is 2.46. The standard InChI is InChI=1S/C14H30N/c1-5-7-10-15(6-2)11-8-9-13(3)14(4)12-15/h13-14H,5-12H2,1-4H3/q+1. The van der Waals surface area contributed by atoms with Gasteiger partial charge in [-0.3, -0.25) is 0 Å². The molecule has 0 spiro atoms. The van der Waals surface area contributed by atoms with E-state index in [4.69, 9.17) is 0 Å². The monoisotopic (exact) mass is 212 g/mol. The average molecular weight is 212 g/mol. The van der Waals surface area contributed by atoms with Gasteiger partial charge in [0.15, 0.2) is 0 Å². The Bertz CT molecular complexity index is 174. The fourth-order valence-corrected chi connectivity index (χ4v) is 3.06. The van der Waals surface area contributed by atoms with Gasteiger partial charge in [-0.15, -0.1) is 0 Å². The lowest BCUT2D eigenvalue weighted by molar-refractivity contribution is -0.928. The maximum Gasteiger partial charge on any atom is 0.0815 e. The van der Waals surface area contributed by atoms with Gasteiger partial charge in [0.1, 0.15) is 0 Å². The summed E-state index contributed by atoms with van der Waals surface area (Å²) >= 11 is 0. The molecule has 0 amide bonds. The van der Waals surface area contributed by atoms with Crippen molar-refractivity contribution in [1.29, 1.82) is 0 Å². The zero-order chi connectivity index (χ0) is 11.3. The molecular formula is C14H30N+. The van der Waals surface area contributed by atoms with Crippen LogP contribution in [0.25, 0.3) is 0 Å². The van der Waals surface area contributed by atoms with Crippen LogP contribution in [0.1, 0.15) is 53.4 Å². The summed E-state index contributed by atoms with van der Waals surface area (Å²) in [5.41, 5.74) is 0. The van der Waals surface area contributed by atoms with Crippen molar-refractivity contribution in [2.24, 2.45) is 11.8 Å². The summed E-state index contributed by atoms with van der Waals surface area (Å²) in [6, 6.07) is 0. The predicted octanol–water partition coefficient (Wildman–Crippen LogP) is 3.69. The van der Waals surface area contributed by atoms with Crippen LogP contribution < -0.4 is 0 Å². The van der Waals surface area contributed by atoms with E-state index in [1.807, 2.05) is 0 Å². The maximum atomic E-state index is 2.46. The molecule has 0 radical (unpaired) electrons. The fourth-order valence-electron chi connectivity index (χ4n) is 3.06. The third-order valence-electron chi connectivity index (χ3n) is 4.60. The summed E-state index contributed by atoms with van der Waals surface area (Å²) in [6.45, 7) is 15.2.